The average molecular weight is 212 g/mol. The van der Waals surface area contributed by atoms with Gasteiger partial charge in [0.25, 0.3) is 0 Å². The van der Waals surface area contributed by atoms with Gasteiger partial charge in [0, 0.05) is 6.20 Å². The molecule has 2 aromatic rings. The highest BCUT2D eigenvalue weighted by atomic mass is 16.3. The predicted octanol–water partition coefficient (Wildman–Crippen LogP) is 2.85. The molecule has 0 saturated heterocycles. The van der Waals surface area contributed by atoms with E-state index in [2.05, 4.69) is 9.98 Å². The topological polar surface area (TPSA) is 45.5 Å². The van der Waals surface area contributed by atoms with Gasteiger partial charge in [-0.05, 0) is 36.8 Å². The van der Waals surface area contributed by atoms with Crippen LogP contribution in [0.2, 0.25) is 0 Å². The second kappa shape index (κ2) is 4.57. The Morgan fingerprint density at radius 1 is 1.25 bits per heavy atom. The fourth-order valence-electron chi connectivity index (χ4n) is 1.33. The van der Waals surface area contributed by atoms with Crippen LogP contribution in [0.3, 0.4) is 0 Å². The van der Waals surface area contributed by atoms with E-state index < -0.39 is 0 Å². The van der Waals surface area contributed by atoms with Gasteiger partial charge >= 0.3 is 0 Å². The minimum absolute atomic E-state index is 0.187. The summed E-state index contributed by atoms with van der Waals surface area (Å²) in [6, 6.07) is 11.0. The van der Waals surface area contributed by atoms with E-state index in [0.29, 0.717) is 5.69 Å². The zero-order valence-corrected chi connectivity index (χ0v) is 8.96. The van der Waals surface area contributed by atoms with Gasteiger partial charge in [-0.15, -0.1) is 0 Å². The molecule has 3 heteroatoms. The van der Waals surface area contributed by atoms with Crippen LogP contribution >= 0.6 is 0 Å². The molecule has 3 nitrogen and oxygen atoms in total. The van der Waals surface area contributed by atoms with Gasteiger partial charge in [0.05, 0.1) is 11.9 Å². The zero-order chi connectivity index (χ0) is 11.4. The van der Waals surface area contributed by atoms with Crippen molar-refractivity contribution in [2.24, 2.45) is 4.99 Å². The Labute approximate surface area is 94.1 Å². The van der Waals surface area contributed by atoms with E-state index >= 15 is 0 Å². The maximum absolute atomic E-state index is 9.64. The largest absolute Gasteiger partial charge is 0.506 e. The zero-order valence-electron chi connectivity index (χ0n) is 8.96. The van der Waals surface area contributed by atoms with E-state index in [9.17, 15) is 5.11 Å². The summed E-state index contributed by atoms with van der Waals surface area (Å²) < 4.78 is 0. The number of pyridine rings is 1. The van der Waals surface area contributed by atoms with Gasteiger partial charge in [0.1, 0.15) is 11.4 Å². The summed E-state index contributed by atoms with van der Waals surface area (Å²) in [7, 11) is 0. The number of aryl methyl sites for hydroxylation is 1. The molecule has 1 aromatic heterocycles. The van der Waals surface area contributed by atoms with Crippen molar-refractivity contribution < 1.29 is 5.11 Å². The molecule has 2 rings (SSSR count). The molecule has 0 bridgehead atoms. The van der Waals surface area contributed by atoms with Crippen LogP contribution in [-0.2, 0) is 0 Å². The molecule has 0 atom stereocenters. The van der Waals surface area contributed by atoms with E-state index in [4.69, 9.17) is 0 Å². The third kappa shape index (κ3) is 2.45. The summed E-state index contributed by atoms with van der Waals surface area (Å²) in [6.45, 7) is 1.92. The second-order valence-electron chi connectivity index (χ2n) is 3.50. The number of hydrogen-bond donors (Lipinski definition) is 1. The van der Waals surface area contributed by atoms with Gasteiger partial charge in [-0.1, -0.05) is 12.1 Å². The molecule has 0 spiro atoms. The van der Waals surface area contributed by atoms with Crippen molar-refractivity contribution in [3.05, 3.63) is 53.9 Å². The number of aromatic hydroxyl groups is 1. The summed E-state index contributed by atoms with van der Waals surface area (Å²) in [5.41, 5.74) is 2.33. The first-order valence-corrected chi connectivity index (χ1v) is 5.00. The van der Waals surface area contributed by atoms with Crippen LogP contribution in [0.5, 0.6) is 5.75 Å². The lowest BCUT2D eigenvalue weighted by Crippen LogP contribution is -1.84. The van der Waals surface area contributed by atoms with Crippen LogP contribution in [0.1, 0.15) is 11.3 Å². The number of aliphatic imine (C=N–C) groups is 1. The Balaban J connectivity index is 2.24. The Morgan fingerprint density at radius 2 is 2.12 bits per heavy atom. The Hall–Kier alpha value is -2.16. The first-order chi connectivity index (χ1) is 7.75. The molecule has 0 radical (unpaired) electrons. The molecule has 80 valence electrons. The van der Waals surface area contributed by atoms with Crippen molar-refractivity contribution >= 4 is 11.9 Å². The number of benzene rings is 1. The van der Waals surface area contributed by atoms with Crippen molar-refractivity contribution in [3.8, 4) is 5.75 Å². The van der Waals surface area contributed by atoms with E-state index in [1.54, 1.807) is 24.5 Å². The molecule has 0 saturated carbocycles. The molecule has 1 aromatic carbocycles. The summed E-state index contributed by atoms with van der Waals surface area (Å²) in [5, 5.41) is 9.64. The maximum atomic E-state index is 9.64. The van der Waals surface area contributed by atoms with Gasteiger partial charge in [-0.2, -0.15) is 0 Å². The van der Waals surface area contributed by atoms with E-state index in [1.165, 1.54) is 0 Å². The van der Waals surface area contributed by atoms with Gasteiger partial charge in [-0.3, -0.25) is 9.98 Å². The lowest BCUT2D eigenvalue weighted by Gasteiger charge is -1.99. The molecule has 0 fully saturated rings. The van der Waals surface area contributed by atoms with E-state index in [0.717, 1.165) is 11.3 Å². The Kier molecular flexibility index (Phi) is 2.96. The molecule has 16 heavy (non-hydrogen) atoms. The van der Waals surface area contributed by atoms with E-state index in [1.807, 2.05) is 31.2 Å². The normalized spacial score (nSPS) is 10.8. The van der Waals surface area contributed by atoms with Crippen LogP contribution in [-0.4, -0.2) is 16.3 Å². The molecule has 0 unspecified atom stereocenters. The van der Waals surface area contributed by atoms with Gasteiger partial charge in [0.2, 0.25) is 0 Å². The van der Waals surface area contributed by atoms with Crippen molar-refractivity contribution in [1.82, 2.24) is 4.98 Å². The summed E-state index contributed by atoms with van der Waals surface area (Å²) >= 11 is 0. The summed E-state index contributed by atoms with van der Waals surface area (Å²) in [5.74, 6) is 0.187. The standard InChI is InChI=1S/C13H12N2O/c1-10-5-6-12(13(16)8-10)15-9-11-4-2-3-7-14-11/h2-9,16H,1H3/b15-9+. The van der Waals surface area contributed by atoms with Crippen LogP contribution in [0.25, 0.3) is 0 Å². The first-order valence-electron chi connectivity index (χ1n) is 5.00. The van der Waals surface area contributed by atoms with Crippen LogP contribution < -0.4 is 0 Å². The fourth-order valence-corrected chi connectivity index (χ4v) is 1.33. The number of nitrogens with zero attached hydrogens (tertiary/aromatic N) is 2. The highest BCUT2D eigenvalue weighted by molar-refractivity contribution is 5.80. The lowest BCUT2D eigenvalue weighted by atomic mass is 10.2. The van der Waals surface area contributed by atoms with Gasteiger partial charge in [-0.25, -0.2) is 0 Å². The summed E-state index contributed by atoms with van der Waals surface area (Å²) in [6.07, 6.45) is 3.33. The SMILES string of the molecule is Cc1ccc(/N=C/c2ccccn2)c(O)c1. The first kappa shape index (κ1) is 10.4. The number of hydrogen-bond acceptors (Lipinski definition) is 3. The monoisotopic (exact) mass is 212 g/mol. The fraction of sp³-hybridized carbons (Fsp3) is 0.0769. The van der Waals surface area contributed by atoms with Gasteiger partial charge < -0.3 is 5.11 Å². The average Bonchev–Trinajstić information content (AvgIpc) is 2.29. The molecule has 0 aliphatic heterocycles. The lowest BCUT2D eigenvalue weighted by molar-refractivity contribution is 0.476. The van der Waals surface area contributed by atoms with Crippen molar-refractivity contribution in [3.63, 3.8) is 0 Å². The smallest absolute Gasteiger partial charge is 0.141 e. The van der Waals surface area contributed by atoms with Gasteiger partial charge in [0.15, 0.2) is 0 Å². The minimum Gasteiger partial charge on any atom is -0.506 e. The molecule has 0 amide bonds. The number of aromatic nitrogens is 1. The molecule has 0 aliphatic carbocycles. The van der Waals surface area contributed by atoms with Crippen LogP contribution in [0.15, 0.2) is 47.6 Å². The number of rotatable bonds is 2. The molecular weight excluding hydrogens is 200 g/mol. The molecule has 1 heterocycles. The highest BCUT2D eigenvalue weighted by Crippen LogP contribution is 2.26. The molecular formula is C13H12N2O. The quantitative estimate of drug-likeness (QED) is 0.778. The number of phenolic OH excluding ortho intramolecular Hbond substituents is 1. The second-order valence-corrected chi connectivity index (χ2v) is 3.50. The minimum atomic E-state index is 0.187. The molecule has 1 N–H and O–H groups in total. The third-order valence-electron chi connectivity index (χ3n) is 2.15. The number of phenols is 1. The van der Waals surface area contributed by atoms with Crippen LogP contribution in [0.4, 0.5) is 5.69 Å². The maximum Gasteiger partial charge on any atom is 0.141 e. The highest BCUT2D eigenvalue weighted by Gasteiger charge is 1.97. The predicted molar refractivity (Wildman–Crippen MR) is 64.3 cm³/mol. The van der Waals surface area contributed by atoms with Crippen molar-refractivity contribution in [2.75, 3.05) is 0 Å². The Morgan fingerprint density at radius 3 is 2.81 bits per heavy atom. The summed E-state index contributed by atoms with van der Waals surface area (Å²) in [4.78, 5) is 8.29. The van der Waals surface area contributed by atoms with Crippen molar-refractivity contribution in [2.45, 2.75) is 6.92 Å². The third-order valence-corrected chi connectivity index (χ3v) is 2.15. The van der Waals surface area contributed by atoms with Crippen LogP contribution in [0, 0.1) is 6.92 Å². The Bertz CT molecular complexity index is 507. The van der Waals surface area contributed by atoms with Crippen molar-refractivity contribution in [1.29, 1.82) is 0 Å². The van der Waals surface area contributed by atoms with E-state index in [-0.39, 0.29) is 5.75 Å². The molecule has 0 aliphatic rings.